The van der Waals surface area contributed by atoms with Crippen molar-refractivity contribution in [1.82, 2.24) is 10.6 Å². The summed E-state index contributed by atoms with van der Waals surface area (Å²) in [5.41, 5.74) is 2.19. The van der Waals surface area contributed by atoms with Gasteiger partial charge in [0.2, 0.25) is 0 Å². The van der Waals surface area contributed by atoms with E-state index in [1.807, 2.05) is 26.8 Å². The molecule has 6 heteroatoms. The smallest absolute Gasteiger partial charge is 0.338 e. The van der Waals surface area contributed by atoms with E-state index in [9.17, 15) is 14.4 Å². The largest absolute Gasteiger partial charge is 0.452 e. The number of imide groups is 1. The SMILES string of the molecule is CCCNC(=O)NC(=O)COC(=O)c1cccc(C)c1C. The molecule has 6 nitrogen and oxygen atoms in total. The first-order valence-corrected chi connectivity index (χ1v) is 6.76. The molecule has 0 aliphatic carbocycles. The minimum absolute atomic E-state index is 0.415. The fourth-order valence-corrected chi connectivity index (χ4v) is 1.63. The van der Waals surface area contributed by atoms with Crippen LogP contribution in [0.25, 0.3) is 0 Å². The summed E-state index contributed by atoms with van der Waals surface area (Å²) in [7, 11) is 0. The highest BCUT2D eigenvalue weighted by atomic mass is 16.5. The number of hydrogen-bond donors (Lipinski definition) is 2. The lowest BCUT2D eigenvalue weighted by molar-refractivity contribution is -0.123. The number of amides is 3. The van der Waals surface area contributed by atoms with E-state index < -0.39 is 24.5 Å². The lowest BCUT2D eigenvalue weighted by atomic mass is 10.0. The number of carbonyl (C=O) groups is 3. The molecule has 1 aromatic rings. The van der Waals surface area contributed by atoms with Crippen LogP contribution in [0.3, 0.4) is 0 Å². The van der Waals surface area contributed by atoms with Gasteiger partial charge in [0.15, 0.2) is 6.61 Å². The summed E-state index contributed by atoms with van der Waals surface area (Å²) in [6, 6.07) is 4.68. The highest BCUT2D eigenvalue weighted by molar-refractivity contribution is 5.97. The molecule has 0 saturated carbocycles. The highest BCUT2D eigenvalue weighted by Crippen LogP contribution is 2.13. The first-order valence-electron chi connectivity index (χ1n) is 6.76. The maximum absolute atomic E-state index is 11.9. The number of rotatable bonds is 5. The molecule has 114 valence electrons. The molecule has 0 atom stereocenters. The van der Waals surface area contributed by atoms with Crippen LogP contribution in [-0.4, -0.2) is 31.1 Å². The molecule has 3 amide bonds. The number of ether oxygens (including phenoxy) is 1. The standard InChI is InChI=1S/C15H20N2O4/c1-4-8-16-15(20)17-13(18)9-21-14(19)12-7-5-6-10(2)11(12)3/h5-7H,4,8-9H2,1-3H3,(H2,16,17,18,20). The number of aryl methyl sites for hydroxylation is 1. The van der Waals surface area contributed by atoms with Crippen molar-refractivity contribution in [1.29, 1.82) is 0 Å². The zero-order valence-corrected chi connectivity index (χ0v) is 12.5. The summed E-state index contributed by atoms with van der Waals surface area (Å²) in [6.45, 7) is 5.57. The Balaban J connectivity index is 2.48. The van der Waals surface area contributed by atoms with Gasteiger partial charge in [-0.1, -0.05) is 19.1 Å². The van der Waals surface area contributed by atoms with Gasteiger partial charge in [-0.2, -0.15) is 0 Å². The fourth-order valence-electron chi connectivity index (χ4n) is 1.63. The van der Waals surface area contributed by atoms with Gasteiger partial charge in [-0.25, -0.2) is 9.59 Å². The third-order valence-electron chi connectivity index (χ3n) is 2.95. The van der Waals surface area contributed by atoms with Crippen LogP contribution in [0.4, 0.5) is 4.79 Å². The van der Waals surface area contributed by atoms with Gasteiger partial charge in [0.05, 0.1) is 5.56 Å². The molecule has 1 rings (SSSR count). The predicted octanol–water partition coefficient (Wildman–Crippen LogP) is 1.70. The van der Waals surface area contributed by atoms with Crippen LogP contribution >= 0.6 is 0 Å². The lowest BCUT2D eigenvalue weighted by Crippen LogP contribution is -2.41. The van der Waals surface area contributed by atoms with Crippen molar-refractivity contribution in [2.45, 2.75) is 27.2 Å². The van der Waals surface area contributed by atoms with Crippen LogP contribution in [0.5, 0.6) is 0 Å². The number of hydrogen-bond acceptors (Lipinski definition) is 4. The predicted molar refractivity (Wildman–Crippen MR) is 78.0 cm³/mol. The van der Waals surface area contributed by atoms with Gasteiger partial charge in [0.25, 0.3) is 5.91 Å². The Labute approximate surface area is 123 Å². The van der Waals surface area contributed by atoms with Gasteiger partial charge >= 0.3 is 12.0 Å². The number of esters is 1. The average Bonchev–Trinajstić information content (AvgIpc) is 2.45. The molecular weight excluding hydrogens is 272 g/mol. The molecule has 0 heterocycles. The van der Waals surface area contributed by atoms with Crippen molar-refractivity contribution in [3.63, 3.8) is 0 Å². The zero-order chi connectivity index (χ0) is 15.8. The molecular formula is C15H20N2O4. The second-order valence-electron chi connectivity index (χ2n) is 4.63. The Morgan fingerprint density at radius 3 is 2.57 bits per heavy atom. The number of urea groups is 1. The van der Waals surface area contributed by atoms with Gasteiger partial charge < -0.3 is 10.1 Å². The topological polar surface area (TPSA) is 84.5 Å². The molecule has 0 aliphatic heterocycles. The van der Waals surface area contributed by atoms with Crippen LogP contribution in [0.1, 0.15) is 34.8 Å². The summed E-state index contributed by atoms with van der Waals surface area (Å²) in [6.07, 6.45) is 0.767. The van der Waals surface area contributed by atoms with Gasteiger partial charge in [-0.3, -0.25) is 10.1 Å². The van der Waals surface area contributed by atoms with Gasteiger partial charge in [-0.05, 0) is 37.5 Å². The number of nitrogens with one attached hydrogen (secondary N) is 2. The van der Waals surface area contributed by atoms with Crippen LogP contribution in [-0.2, 0) is 9.53 Å². The second-order valence-corrected chi connectivity index (χ2v) is 4.63. The van der Waals surface area contributed by atoms with E-state index in [4.69, 9.17) is 4.74 Å². The molecule has 0 aromatic heterocycles. The van der Waals surface area contributed by atoms with Gasteiger partial charge in [-0.15, -0.1) is 0 Å². The molecule has 0 bridgehead atoms. The Hall–Kier alpha value is -2.37. The summed E-state index contributed by atoms with van der Waals surface area (Å²) in [4.78, 5) is 34.6. The summed E-state index contributed by atoms with van der Waals surface area (Å²) in [5, 5.41) is 4.57. The highest BCUT2D eigenvalue weighted by Gasteiger charge is 2.14. The normalized spacial score (nSPS) is 9.86. The van der Waals surface area contributed by atoms with Crippen molar-refractivity contribution < 1.29 is 19.1 Å². The van der Waals surface area contributed by atoms with Gasteiger partial charge in [0, 0.05) is 6.54 Å². The molecule has 0 unspecified atom stereocenters. The minimum atomic E-state index is -0.665. The maximum atomic E-state index is 11.9. The summed E-state index contributed by atoms with van der Waals surface area (Å²) < 4.78 is 4.90. The molecule has 0 saturated heterocycles. The monoisotopic (exact) mass is 292 g/mol. The molecule has 0 aliphatic rings. The molecule has 0 radical (unpaired) electrons. The van der Waals surface area contributed by atoms with E-state index in [-0.39, 0.29) is 0 Å². The number of carbonyl (C=O) groups excluding carboxylic acids is 3. The number of benzene rings is 1. The second kappa shape index (κ2) is 8.04. The van der Waals surface area contributed by atoms with E-state index in [1.165, 1.54) is 0 Å². The van der Waals surface area contributed by atoms with E-state index in [0.717, 1.165) is 17.5 Å². The van der Waals surface area contributed by atoms with Crippen LogP contribution in [0.2, 0.25) is 0 Å². The lowest BCUT2D eigenvalue weighted by Gasteiger charge is -2.09. The third-order valence-corrected chi connectivity index (χ3v) is 2.95. The van der Waals surface area contributed by atoms with E-state index in [0.29, 0.717) is 12.1 Å². The fraction of sp³-hybridized carbons (Fsp3) is 0.400. The Morgan fingerprint density at radius 1 is 1.19 bits per heavy atom. The Bertz CT molecular complexity index is 540. The first kappa shape index (κ1) is 16.7. The van der Waals surface area contributed by atoms with E-state index in [2.05, 4.69) is 10.6 Å². The average molecular weight is 292 g/mol. The molecule has 21 heavy (non-hydrogen) atoms. The maximum Gasteiger partial charge on any atom is 0.338 e. The molecule has 1 aromatic carbocycles. The van der Waals surface area contributed by atoms with Crippen LogP contribution in [0.15, 0.2) is 18.2 Å². The van der Waals surface area contributed by atoms with E-state index >= 15 is 0 Å². The van der Waals surface area contributed by atoms with Crippen molar-refractivity contribution >= 4 is 17.9 Å². The molecule has 0 spiro atoms. The Morgan fingerprint density at radius 2 is 1.90 bits per heavy atom. The summed E-state index contributed by atoms with van der Waals surface area (Å²) >= 11 is 0. The van der Waals surface area contributed by atoms with Gasteiger partial charge in [0.1, 0.15) is 0 Å². The molecule has 0 fully saturated rings. The minimum Gasteiger partial charge on any atom is -0.452 e. The van der Waals surface area contributed by atoms with Crippen molar-refractivity contribution in [3.8, 4) is 0 Å². The molecule has 2 N–H and O–H groups in total. The van der Waals surface area contributed by atoms with Crippen molar-refractivity contribution in [3.05, 3.63) is 34.9 Å². The summed E-state index contributed by atoms with van der Waals surface area (Å²) in [5.74, 6) is -1.25. The Kier molecular flexibility index (Phi) is 6.39. The van der Waals surface area contributed by atoms with Crippen LogP contribution in [0, 0.1) is 13.8 Å². The van der Waals surface area contributed by atoms with Crippen LogP contribution < -0.4 is 10.6 Å². The quantitative estimate of drug-likeness (QED) is 0.809. The third kappa shape index (κ3) is 5.25. The van der Waals surface area contributed by atoms with Crippen molar-refractivity contribution in [2.24, 2.45) is 0 Å². The van der Waals surface area contributed by atoms with Crippen molar-refractivity contribution in [2.75, 3.05) is 13.2 Å². The van der Waals surface area contributed by atoms with E-state index in [1.54, 1.807) is 12.1 Å². The zero-order valence-electron chi connectivity index (χ0n) is 12.5. The first-order chi connectivity index (χ1) is 9.95.